The summed E-state index contributed by atoms with van der Waals surface area (Å²) >= 11 is 0. The second-order valence-corrected chi connectivity index (χ2v) is 2.17. The Labute approximate surface area is 69.9 Å². The molecule has 0 unspecified atom stereocenters. The molecule has 1 heterocycles. The van der Waals surface area contributed by atoms with Crippen molar-refractivity contribution in [3.8, 4) is 12.1 Å². The lowest BCUT2D eigenvalue weighted by Gasteiger charge is -1.96. The van der Waals surface area contributed by atoms with Gasteiger partial charge in [0.1, 0.15) is 23.5 Å². The molecule has 0 aliphatic rings. The van der Waals surface area contributed by atoms with Gasteiger partial charge in [-0.15, -0.1) is 0 Å². The highest BCUT2D eigenvalue weighted by atomic mass is 14.7. The zero-order chi connectivity index (χ0) is 8.97. The molecule has 58 valence electrons. The van der Waals surface area contributed by atoms with Gasteiger partial charge in [0.15, 0.2) is 0 Å². The van der Waals surface area contributed by atoms with Gasteiger partial charge < -0.3 is 5.73 Å². The first-order valence-electron chi connectivity index (χ1n) is 3.31. The van der Waals surface area contributed by atoms with Gasteiger partial charge in [-0.1, -0.05) is 0 Å². The second-order valence-electron chi connectivity index (χ2n) is 2.17. The smallest absolute Gasteiger partial charge is 0.142 e. The molecule has 12 heavy (non-hydrogen) atoms. The van der Waals surface area contributed by atoms with Gasteiger partial charge in [-0.05, 0) is 17.7 Å². The van der Waals surface area contributed by atoms with E-state index in [-0.39, 0.29) is 11.4 Å². The van der Waals surface area contributed by atoms with Gasteiger partial charge >= 0.3 is 0 Å². The minimum absolute atomic E-state index is 0.231. The molecule has 4 nitrogen and oxygen atoms in total. The molecule has 1 aromatic heterocycles. The van der Waals surface area contributed by atoms with Gasteiger partial charge in [-0.25, -0.2) is 4.98 Å². The van der Waals surface area contributed by atoms with Crippen molar-refractivity contribution in [1.29, 1.82) is 10.5 Å². The van der Waals surface area contributed by atoms with Crippen LogP contribution in [0.15, 0.2) is 12.1 Å². The van der Waals surface area contributed by atoms with Crippen LogP contribution in [0.5, 0.6) is 0 Å². The van der Waals surface area contributed by atoms with Crippen molar-refractivity contribution < 1.29 is 0 Å². The number of nitrogens with zero attached hydrogens (tertiary/aromatic N) is 3. The number of hydrogen-bond acceptors (Lipinski definition) is 4. The summed E-state index contributed by atoms with van der Waals surface area (Å²) in [6.45, 7) is 0.311. The lowest BCUT2D eigenvalue weighted by molar-refractivity contribution is 1.05. The summed E-state index contributed by atoms with van der Waals surface area (Å²) in [7, 11) is 0. The number of rotatable bonds is 1. The van der Waals surface area contributed by atoms with E-state index in [1.807, 2.05) is 12.1 Å². The van der Waals surface area contributed by atoms with Crippen LogP contribution in [-0.4, -0.2) is 4.98 Å². The van der Waals surface area contributed by atoms with Crippen molar-refractivity contribution in [1.82, 2.24) is 4.98 Å². The Morgan fingerprint density at radius 2 is 1.75 bits per heavy atom. The average Bonchev–Trinajstić information content (AvgIpc) is 2.16. The van der Waals surface area contributed by atoms with Crippen LogP contribution in [0.25, 0.3) is 0 Å². The lowest BCUT2D eigenvalue weighted by atomic mass is 10.2. The van der Waals surface area contributed by atoms with E-state index in [0.717, 1.165) is 5.56 Å². The van der Waals surface area contributed by atoms with Crippen LogP contribution >= 0.6 is 0 Å². The van der Waals surface area contributed by atoms with Crippen molar-refractivity contribution >= 4 is 0 Å². The van der Waals surface area contributed by atoms with E-state index in [0.29, 0.717) is 6.54 Å². The van der Waals surface area contributed by atoms with Crippen LogP contribution in [0.1, 0.15) is 17.0 Å². The van der Waals surface area contributed by atoms with E-state index < -0.39 is 0 Å². The molecule has 0 spiro atoms. The van der Waals surface area contributed by atoms with E-state index in [1.165, 1.54) is 0 Å². The Kier molecular flexibility index (Phi) is 2.37. The van der Waals surface area contributed by atoms with E-state index in [2.05, 4.69) is 4.98 Å². The van der Waals surface area contributed by atoms with Gasteiger partial charge in [0.25, 0.3) is 0 Å². The maximum Gasteiger partial charge on any atom is 0.142 e. The highest BCUT2D eigenvalue weighted by Crippen LogP contribution is 2.03. The summed E-state index contributed by atoms with van der Waals surface area (Å²) in [5.41, 5.74) is 6.56. The molecule has 1 aromatic rings. The van der Waals surface area contributed by atoms with E-state index in [4.69, 9.17) is 16.3 Å². The fraction of sp³-hybridized carbons (Fsp3) is 0.125. The molecule has 0 bridgehead atoms. The topological polar surface area (TPSA) is 86.5 Å². The molecule has 2 N–H and O–H groups in total. The Balaban J connectivity index is 3.24. The minimum atomic E-state index is 0.231. The fourth-order valence-electron chi connectivity index (χ4n) is 0.820. The van der Waals surface area contributed by atoms with Crippen molar-refractivity contribution in [3.05, 3.63) is 29.1 Å². The normalized spacial score (nSPS) is 8.58. The van der Waals surface area contributed by atoms with Gasteiger partial charge in [0, 0.05) is 6.54 Å². The summed E-state index contributed by atoms with van der Waals surface area (Å²) < 4.78 is 0. The van der Waals surface area contributed by atoms with Crippen LogP contribution in [0.2, 0.25) is 0 Å². The standard InChI is InChI=1S/C8H6N4/c9-3-6-1-7(4-10)12-8(2-6)5-11/h1-2H,3,9H2. The van der Waals surface area contributed by atoms with Gasteiger partial charge in [0.05, 0.1) is 0 Å². The summed E-state index contributed by atoms with van der Waals surface area (Å²) in [5.74, 6) is 0. The van der Waals surface area contributed by atoms with E-state index in [9.17, 15) is 0 Å². The van der Waals surface area contributed by atoms with Crippen LogP contribution in [-0.2, 0) is 6.54 Å². The monoisotopic (exact) mass is 158 g/mol. The third-order valence-electron chi connectivity index (χ3n) is 1.35. The molecule has 1 rings (SSSR count). The maximum atomic E-state index is 8.51. The summed E-state index contributed by atoms with van der Waals surface area (Å²) in [6, 6.07) is 6.86. The van der Waals surface area contributed by atoms with Crippen LogP contribution in [0, 0.1) is 22.7 Å². The summed E-state index contributed by atoms with van der Waals surface area (Å²) in [5, 5.41) is 17.0. The predicted molar refractivity (Wildman–Crippen MR) is 41.6 cm³/mol. The summed E-state index contributed by atoms with van der Waals surface area (Å²) in [4.78, 5) is 3.74. The largest absolute Gasteiger partial charge is 0.326 e. The quantitative estimate of drug-likeness (QED) is 0.636. The summed E-state index contributed by atoms with van der Waals surface area (Å²) in [6.07, 6.45) is 0. The third kappa shape index (κ3) is 1.57. The predicted octanol–water partition coefficient (Wildman–Crippen LogP) is 0.284. The van der Waals surface area contributed by atoms with Crippen LogP contribution in [0.4, 0.5) is 0 Å². The molecule has 0 fully saturated rings. The van der Waals surface area contributed by atoms with Gasteiger partial charge in [-0.3, -0.25) is 0 Å². The number of hydrogen-bond donors (Lipinski definition) is 1. The van der Waals surface area contributed by atoms with Gasteiger partial charge in [0.2, 0.25) is 0 Å². The SMILES string of the molecule is N#Cc1cc(CN)cc(C#N)n1. The zero-order valence-corrected chi connectivity index (χ0v) is 6.28. The first-order valence-corrected chi connectivity index (χ1v) is 3.31. The first kappa shape index (κ1) is 8.19. The Bertz CT molecular complexity index is 337. The molecular weight excluding hydrogens is 152 g/mol. The second kappa shape index (κ2) is 3.47. The lowest BCUT2D eigenvalue weighted by Crippen LogP contribution is -1.99. The molecule has 0 saturated heterocycles. The number of nitrogens with two attached hydrogens (primary N) is 1. The molecule has 0 radical (unpaired) electrons. The molecule has 0 aromatic carbocycles. The van der Waals surface area contributed by atoms with E-state index in [1.54, 1.807) is 12.1 Å². The van der Waals surface area contributed by atoms with Crippen LogP contribution in [0.3, 0.4) is 0 Å². The molecular formula is C8H6N4. The molecule has 4 heteroatoms. The first-order chi connectivity index (χ1) is 5.80. The molecule has 0 amide bonds. The minimum Gasteiger partial charge on any atom is -0.326 e. The third-order valence-corrected chi connectivity index (χ3v) is 1.35. The van der Waals surface area contributed by atoms with Crippen molar-refractivity contribution in [3.63, 3.8) is 0 Å². The number of nitriles is 2. The molecule has 0 saturated carbocycles. The number of aromatic nitrogens is 1. The van der Waals surface area contributed by atoms with Crippen LogP contribution < -0.4 is 5.73 Å². The zero-order valence-electron chi connectivity index (χ0n) is 6.28. The van der Waals surface area contributed by atoms with Gasteiger partial charge in [-0.2, -0.15) is 10.5 Å². The Morgan fingerprint density at radius 3 is 2.08 bits per heavy atom. The van der Waals surface area contributed by atoms with Crippen molar-refractivity contribution in [2.75, 3.05) is 0 Å². The van der Waals surface area contributed by atoms with E-state index >= 15 is 0 Å². The molecule has 0 aliphatic heterocycles. The average molecular weight is 158 g/mol. The highest BCUT2D eigenvalue weighted by Gasteiger charge is 1.99. The molecule has 0 atom stereocenters. The highest BCUT2D eigenvalue weighted by molar-refractivity contribution is 5.33. The fourth-order valence-corrected chi connectivity index (χ4v) is 0.820. The number of pyridine rings is 1. The maximum absolute atomic E-state index is 8.51. The van der Waals surface area contributed by atoms with Crippen molar-refractivity contribution in [2.24, 2.45) is 5.73 Å². The molecule has 0 aliphatic carbocycles. The van der Waals surface area contributed by atoms with Crippen molar-refractivity contribution in [2.45, 2.75) is 6.54 Å². The Hall–Kier alpha value is -1.91. The Morgan fingerprint density at radius 1 is 1.25 bits per heavy atom.